The minimum atomic E-state index is -4.79. The van der Waals surface area contributed by atoms with E-state index in [9.17, 15) is 22.5 Å². The van der Waals surface area contributed by atoms with Crippen molar-refractivity contribution in [3.05, 3.63) is 58.0 Å². The number of pyridine rings is 1. The molecule has 15 heteroatoms. The Kier molecular flexibility index (Phi) is 8.77. The van der Waals surface area contributed by atoms with Crippen LogP contribution in [0.25, 0.3) is 0 Å². The number of methoxy groups -OCH3 is 1. The zero-order chi connectivity index (χ0) is 26.5. The van der Waals surface area contributed by atoms with Gasteiger partial charge in [0.25, 0.3) is 5.91 Å². The van der Waals surface area contributed by atoms with E-state index >= 15 is 0 Å². The Morgan fingerprint density at radius 1 is 1.17 bits per heavy atom. The van der Waals surface area contributed by atoms with Gasteiger partial charge in [-0.25, -0.2) is 9.97 Å². The molecule has 0 bridgehead atoms. The average Bonchev–Trinajstić information content (AvgIpc) is 2.83. The third-order valence-corrected chi connectivity index (χ3v) is 5.80. The first-order valence-corrected chi connectivity index (χ1v) is 12.4. The Hall–Kier alpha value is -3.35. The molecule has 4 N–H and O–H groups in total. The molecule has 1 aromatic carbocycles. The van der Waals surface area contributed by atoms with E-state index in [0.717, 1.165) is 5.56 Å². The maximum absolute atomic E-state index is 13.7. The molecule has 0 radical (unpaired) electrons. The number of amides is 1. The fourth-order valence-corrected chi connectivity index (χ4v) is 3.80. The van der Waals surface area contributed by atoms with Crippen LogP contribution in [-0.4, -0.2) is 46.1 Å². The third-order valence-electron chi connectivity index (χ3n) is 4.75. The van der Waals surface area contributed by atoms with Gasteiger partial charge in [0.2, 0.25) is 5.95 Å². The fraction of sp³-hybridized carbons (Fsp3) is 0.238. The summed E-state index contributed by atoms with van der Waals surface area (Å²) in [5.41, 5.74) is -0.210. The number of alkyl halides is 3. The number of hydrogen-bond donors (Lipinski definition) is 4. The van der Waals surface area contributed by atoms with Gasteiger partial charge in [-0.05, 0) is 50.3 Å². The summed E-state index contributed by atoms with van der Waals surface area (Å²) in [4.78, 5) is 33.0. The number of carbonyl (C=O) groups is 1. The molecule has 36 heavy (non-hydrogen) atoms. The lowest BCUT2D eigenvalue weighted by atomic mass is 10.1. The standard InChI is InChI=1S/C21H19BrF3N6O4P/c1-26-19(32)17-14(5-6-16(22)30-17)28-18-12(21(23,24)25)10-27-20(31-18)29-13-4-3-11(7-8-36(33)34)9-15(13)35-2/h3-6,9-10H,7-8H2,1-2H3,(H3-,26,27,28,29,31,32,33,34)/p+1. The summed E-state index contributed by atoms with van der Waals surface area (Å²) < 4.78 is 57.7. The highest BCUT2D eigenvalue weighted by molar-refractivity contribution is 9.10. The van der Waals surface area contributed by atoms with E-state index in [1.54, 1.807) is 18.2 Å². The molecule has 1 atom stereocenters. The molecule has 3 rings (SSSR count). The van der Waals surface area contributed by atoms with Gasteiger partial charge in [-0.1, -0.05) is 6.07 Å². The first kappa shape index (κ1) is 27.2. The molecule has 1 amide bonds. The van der Waals surface area contributed by atoms with Crippen LogP contribution >= 0.6 is 24.0 Å². The van der Waals surface area contributed by atoms with E-state index in [1.807, 2.05) is 0 Å². The summed E-state index contributed by atoms with van der Waals surface area (Å²) in [6.07, 6.45) is -3.76. The summed E-state index contributed by atoms with van der Waals surface area (Å²) >= 11 is 3.14. The number of nitrogens with zero attached hydrogens (tertiary/aromatic N) is 3. The second-order valence-corrected chi connectivity index (χ2v) is 9.14. The lowest BCUT2D eigenvalue weighted by Crippen LogP contribution is -2.21. The normalized spacial score (nSPS) is 11.6. The summed E-state index contributed by atoms with van der Waals surface area (Å²) in [7, 11) is 0.477. The Morgan fingerprint density at radius 3 is 2.53 bits per heavy atom. The van der Waals surface area contributed by atoms with Crippen molar-refractivity contribution in [2.45, 2.75) is 12.6 Å². The number of aromatic nitrogens is 3. The monoisotopic (exact) mass is 587 g/mol. The number of ether oxygens (including phenoxy) is 1. The molecule has 0 aliphatic heterocycles. The van der Waals surface area contributed by atoms with Gasteiger partial charge < -0.3 is 20.7 Å². The number of anilines is 4. The maximum atomic E-state index is 13.7. The lowest BCUT2D eigenvalue weighted by molar-refractivity contribution is -0.137. The van der Waals surface area contributed by atoms with Crippen LogP contribution in [0.1, 0.15) is 21.6 Å². The van der Waals surface area contributed by atoms with Crippen molar-refractivity contribution in [3.63, 3.8) is 0 Å². The molecule has 2 aromatic heterocycles. The summed E-state index contributed by atoms with van der Waals surface area (Å²) in [5, 5.41) is 7.74. The van der Waals surface area contributed by atoms with Gasteiger partial charge in [0.1, 0.15) is 21.7 Å². The van der Waals surface area contributed by atoms with Gasteiger partial charge in [-0.15, -0.1) is 0 Å². The molecule has 0 aliphatic carbocycles. The third kappa shape index (κ3) is 6.86. The molecule has 0 fully saturated rings. The van der Waals surface area contributed by atoms with Crippen molar-refractivity contribution in [2.75, 3.05) is 31.0 Å². The molecule has 0 saturated heterocycles. The molecular formula is C21H20BrF3N6O4P+. The van der Waals surface area contributed by atoms with Crippen LogP contribution in [0.2, 0.25) is 0 Å². The van der Waals surface area contributed by atoms with Crippen molar-refractivity contribution in [2.24, 2.45) is 0 Å². The highest BCUT2D eigenvalue weighted by Crippen LogP contribution is 2.36. The number of carbonyl (C=O) groups excluding carboxylic acids is 1. The predicted molar refractivity (Wildman–Crippen MR) is 130 cm³/mol. The zero-order valence-electron chi connectivity index (χ0n) is 18.9. The number of rotatable bonds is 9. The molecule has 0 aliphatic rings. The number of halogens is 4. The van der Waals surface area contributed by atoms with Crippen LogP contribution in [-0.2, 0) is 17.2 Å². The second kappa shape index (κ2) is 11.6. The van der Waals surface area contributed by atoms with Crippen molar-refractivity contribution in [3.8, 4) is 5.75 Å². The Labute approximate surface area is 212 Å². The summed E-state index contributed by atoms with van der Waals surface area (Å²) in [6.45, 7) is 0. The van der Waals surface area contributed by atoms with Crippen molar-refractivity contribution >= 4 is 53.0 Å². The minimum Gasteiger partial charge on any atom is -0.495 e. The molecular weight excluding hydrogens is 568 g/mol. The maximum Gasteiger partial charge on any atom is 0.505 e. The second-order valence-electron chi connectivity index (χ2n) is 7.17. The van der Waals surface area contributed by atoms with Gasteiger partial charge in [0.05, 0.1) is 18.5 Å². The Bertz CT molecular complexity index is 1290. The molecule has 3 aromatic rings. The molecule has 2 heterocycles. The number of hydrogen-bond acceptors (Lipinski definition) is 8. The van der Waals surface area contributed by atoms with E-state index in [2.05, 4.69) is 46.8 Å². The minimum absolute atomic E-state index is 0.00292. The fourth-order valence-electron chi connectivity index (χ4n) is 3.04. The molecule has 1 unspecified atom stereocenters. The lowest BCUT2D eigenvalue weighted by Gasteiger charge is -2.17. The van der Waals surface area contributed by atoms with Gasteiger partial charge >= 0.3 is 14.2 Å². The van der Waals surface area contributed by atoms with Crippen molar-refractivity contribution in [1.29, 1.82) is 0 Å². The summed E-state index contributed by atoms with van der Waals surface area (Å²) in [5.74, 6) is -1.06. The van der Waals surface area contributed by atoms with Crippen LogP contribution < -0.4 is 20.7 Å². The topological polar surface area (TPSA) is 138 Å². The molecule has 10 nitrogen and oxygen atoms in total. The average molecular weight is 588 g/mol. The van der Waals surface area contributed by atoms with E-state index in [-0.39, 0.29) is 23.5 Å². The van der Waals surface area contributed by atoms with Crippen molar-refractivity contribution < 1.29 is 32.2 Å². The molecule has 0 saturated carbocycles. The number of benzene rings is 1. The first-order chi connectivity index (χ1) is 17.0. The van der Waals surface area contributed by atoms with Crippen LogP contribution in [0.15, 0.2) is 41.1 Å². The zero-order valence-corrected chi connectivity index (χ0v) is 21.3. The number of aryl methyl sites for hydroxylation is 1. The highest BCUT2D eigenvalue weighted by Gasteiger charge is 2.36. The van der Waals surface area contributed by atoms with Crippen LogP contribution in [0.4, 0.5) is 36.3 Å². The number of nitrogens with one attached hydrogen (secondary N) is 3. The van der Waals surface area contributed by atoms with Gasteiger partial charge in [0, 0.05) is 19.7 Å². The van der Waals surface area contributed by atoms with E-state index < -0.39 is 31.5 Å². The van der Waals surface area contributed by atoms with Gasteiger partial charge in [-0.2, -0.15) is 23.0 Å². The molecule has 0 spiro atoms. The SMILES string of the molecule is CNC(=O)c1nc(Br)ccc1Nc1nc(Nc2ccc(CC[P+](=O)O)cc2OC)ncc1C(F)(F)F. The summed E-state index contributed by atoms with van der Waals surface area (Å²) in [6, 6.07) is 7.75. The van der Waals surface area contributed by atoms with Crippen LogP contribution in [0.5, 0.6) is 5.75 Å². The smallest absolute Gasteiger partial charge is 0.495 e. The van der Waals surface area contributed by atoms with Crippen molar-refractivity contribution in [1.82, 2.24) is 20.3 Å². The van der Waals surface area contributed by atoms with E-state index in [1.165, 1.54) is 26.3 Å². The Morgan fingerprint density at radius 2 is 1.89 bits per heavy atom. The first-order valence-electron chi connectivity index (χ1n) is 10.2. The Balaban J connectivity index is 1.98. The van der Waals surface area contributed by atoms with Gasteiger partial charge in [-0.3, -0.25) is 4.79 Å². The quantitative estimate of drug-likeness (QED) is 0.206. The largest absolute Gasteiger partial charge is 0.505 e. The highest BCUT2D eigenvalue weighted by atomic mass is 79.9. The predicted octanol–water partition coefficient (Wildman–Crippen LogP) is 4.79. The van der Waals surface area contributed by atoms with Crippen LogP contribution in [0, 0.1) is 0 Å². The van der Waals surface area contributed by atoms with E-state index in [4.69, 9.17) is 9.63 Å². The van der Waals surface area contributed by atoms with Gasteiger partial charge in [0.15, 0.2) is 11.9 Å². The molecule has 190 valence electrons. The van der Waals surface area contributed by atoms with E-state index in [0.29, 0.717) is 28.7 Å². The van der Waals surface area contributed by atoms with Crippen LogP contribution in [0.3, 0.4) is 0 Å².